The first-order valence-corrected chi connectivity index (χ1v) is 9.99. The second kappa shape index (κ2) is 8.79. The molecule has 2 aromatic carbocycles. The summed E-state index contributed by atoms with van der Waals surface area (Å²) in [6.07, 6.45) is 0. The van der Waals surface area contributed by atoms with Crippen molar-refractivity contribution in [2.75, 3.05) is 33.0 Å². The Balaban J connectivity index is 2.05. The molecule has 9 heteroatoms. The van der Waals surface area contributed by atoms with E-state index in [9.17, 15) is 17.6 Å². The van der Waals surface area contributed by atoms with E-state index in [1.807, 2.05) is 7.05 Å². The van der Waals surface area contributed by atoms with Gasteiger partial charge in [0.1, 0.15) is 12.4 Å². The van der Waals surface area contributed by atoms with E-state index >= 15 is 0 Å². The van der Waals surface area contributed by atoms with Crippen molar-refractivity contribution in [3.05, 3.63) is 58.9 Å². The highest BCUT2D eigenvalue weighted by Crippen LogP contribution is 2.26. The minimum absolute atomic E-state index is 0.0409. The van der Waals surface area contributed by atoms with Gasteiger partial charge in [-0.05, 0) is 30.3 Å². The molecule has 0 heterocycles. The summed E-state index contributed by atoms with van der Waals surface area (Å²) in [6, 6.07) is 10.2. The zero-order valence-electron chi connectivity index (χ0n) is 15.3. The topological polar surface area (TPSA) is 70.9 Å². The number of hydrogen-bond donors (Lipinski definition) is 2. The molecule has 0 aliphatic carbocycles. The maximum atomic E-state index is 13.0. The second-order valence-corrected chi connectivity index (χ2v) is 8.97. The molecule has 2 rings (SSSR count). The van der Waals surface area contributed by atoms with Crippen LogP contribution in [-0.2, 0) is 21.4 Å². The maximum Gasteiger partial charge on any atom is 0.279 e. The van der Waals surface area contributed by atoms with Crippen molar-refractivity contribution >= 4 is 33.2 Å². The van der Waals surface area contributed by atoms with Gasteiger partial charge in [0, 0.05) is 19.7 Å². The predicted octanol–water partition coefficient (Wildman–Crippen LogP) is 1.38. The Kier molecular flexibility index (Phi) is 6.94. The van der Waals surface area contributed by atoms with Crippen molar-refractivity contribution in [1.29, 1.82) is 0 Å². The van der Waals surface area contributed by atoms with Gasteiger partial charge < -0.3 is 10.2 Å². The molecule has 0 aliphatic heterocycles. The summed E-state index contributed by atoms with van der Waals surface area (Å²) in [5, 5.41) is 2.90. The average molecular weight is 415 g/mol. The van der Waals surface area contributed by atoms with Crippen LogP contribution in [0.5, 0.6) is 0 Å². The van der Waals surface area contributed by atoms with Crippen LogP contribution in [0, 0.1) is 5.82 Å². The zero-order valence-corrected chi connectivity index (χ0v) is 16.9. The van der Waals surface area contributed by atoms with Crippen LogP contribution in [0.4, 0.5) is 10.1 Å². The minimum atomic E-state index is -3.63. The van der Waals surface area contributed by atoms with Crippen LogP contribution in [-0.4, -0.2) is 46.3 Å². The standard InChI is InChI=1S/C18H21ClFN3O3S/c1-22(2)27(25,26)15-8-9-16(19)17(10-15)21-18(24)12-23(3)11-13-4-6-14(20)7-5-13/h4-10H,11-12H2,1-3H3,(H,21,24)/p+1. The van der Waals surface area contributed by atoms with Crippen LogP contribution >= 0.6 is 11.6 Å². The number of halogens is 2. The lowest BCUT2D eigenvalue weighted by Gasteiger charge is -2.16. The summed E-state index contributed by atoms with van der Waals surface area (Å²) in [4.78, 5) is 13.2. The number of benzene rings is 2. The smallest absolute Gasteiger partial charge is 0.279 e. The van der Waals surface area contributed by atoms with Crippen molar-refractivity contribution in [3.63, 3.8) is 0 Å². The van der Waals surface area contributed by atoms with Crippen LogP contribution in [0.2, 0.25) is 5.02 Å². The quantitative estimate of drug-likeness (QED) is 0.719. The van der Waals surface area contributed by atoms with E-state index in [-0.39, 0.29) is 33.9 Å². The van der Waals surface area contributed by atoms with Crippen molar-refractivity contribution < 1.29 is 22.5 Å². The predicted molar refractivity (Wildman–Crippen MR) is 103 cm³/mol. The van der Waals surface area contributed by atoms with Gasteiger partial charge in [-0.2, -0.15) is 0 Å². The molecule has 0 saturated heterocycles. The molecule has 0 saturated carbocycles. The van der Waals surface area contributed by atoms with Crippen molar-refractivity contribution in [2.24, 2.45) is 0 Å². The normalized spacial score (nSPS) is 12.8. The van der Waals surface area contributed by atoms with Gasteiger partial charge in [0.05, 0.1) is 22.7 Å². The molecule has 0 aliphatic rings. The molecule has 0 radical (unpaired) electrons. The van der Waals surface area contributed by atoms with Crippen molar-refractivity contribution in [2.45, 2.75) is 11.4 Å². The highest BCUT2D eigenvalue weighted by atomic mass is 35.5. The highest BCUT2D eigenvalue weighted by molar-refractivity contribution is 7.89. The molecule has 2 aromatic rings. The number of sulfonamides is 1. The molecule has 1 unspecified atom stereocenters. The third kappa shape index (κ3) is 5.74. The highest BCUT2D eigenvalue weighted by Gasteiger charge is 2.20. The molecule has 1 amide bonds. The molecule has 0 fully saturated rings. The molecule has 6 nitrogen and oxygen atoms in total. The summed E-state index contributed by atoms with van der Waals surface area (Å²) >= 11 is 6.09. The summed E-state index contributed by atoms with van der Waals surface area (Å²) in [5.41, 5.74) is 1.14. The Morgan fingerprint density at radius 3 is 2.41 bits per heavy atom. The largest absolute Gasteiger partial charge is 0.326 e. The number of rotatable bonds is 7. The van der Waals surface area contributed by atoms with Crippen molar-refractivity contribution in [1.82, 2.24) is 4.31 Å². The Labute approximate surface area is 163 Å². The first-order chi connectivity index (χ1) is 12.6. The first kappa shape index (κ1) is 21.3. The summed E-state index contributed by atoms with van der Waals surface area (Å²) in [6.45, 7) is 0.675. The number of carbonyl (C=O) groups is 1. The zero-order chi connectivity index (χ0) is 20.2. The number of carbonyl (C=O) groups excluding carboxylic acids is 1. The number of likely N-dealkylation sites (N-methyl/N-ethyl adjacent to an activating group) is 1. The lowest BCUT2D eigenvalue weighted by atomic mass is 10.2. The first-order valence-electron chi connectivity index (χ1n) is 8.17. The van der Waals surface area contributed by atoms with Crippen LogP contribution in [0.1, 0.15) is 5.56 Å². The van der Waals surface area contributed by atoms with Gasteiger partial charge in [0.25, 0.3) is 5.91 Å². The average Bonchev–Trinajstić information content (AvgIpc) is 2.58. The third-order valence-electron chi connectivity index (χ3n) is 3.87. The van der Waals surface area contributed by atoms with Gasteiger partial charge >= 0.3 is 0 Å². The fourth-order valence-electron chi connectivity index (χ4n) is 2.45. The van der Waals surface area contributed by atoms with E-state index in [4.69, 9.17) is 11.6 Å². The van der Waals surface area contributed by atoms with Gasteiger partial charge in [0.15, 0.2) is 6.54 Å². The summed E-state index contributed by atoms with van der Waals surface area (Å²) in [5.74, 6) is -0.618. The molecule has 0 aromatic heterocycles. The number of quaternary nitrogens is 1. The lowest BCUT2D eigenvalue weighted by Crippen LogP contribution is -3.08. The Hall–Kier alpha value is -2.00. The second-order valence-electron chi connectivity index (χ2n) is 6.41. The lowest BCUT2D eigenvalue weighted by molar-refractivity contribution is -0.885. The van der Waals surface area contributed by atoms with Gasteiger partial charge in [0.2, 0.25) is 10.0 Å². The van der Waals surface area contributed by atoms with E-state index in [1.54, 1.807) is 12.1 Å². The van der Waals surface area contributed by atoms with Crippen LogP contribution in [0.25, 0.3) is 0 Å². The summed E-state index contributed by atoms with van der Waals surface area (Å²) in [7, 11) is 1.05. The maximum absolute atomic E-state index is 13.0. The van der Waals surface area contributed by atoms with E-state index in [0.29, 0.717) is 6.54 Å². The molecule has 1 atom stereocenters. The van der Waals surface area contributed by atoms with Gasteiger partial charge in [-0.15, -0.1) is 0 Å². The number of amides is 1. The van der Waals surface area contributed by atoms with Gasteiger partial charge in [-0.1, -0.05) is 23.7 Å². The summed E-state index contributed by atoms with van der Waals surface area (Å²) < 4.78 is 38.5. The third-order valence-corrected chi connectivity index (χ3v) is 6.01. The molecular formula is C18H22ClFN3O3S+. The Morgan fingerprint density at radius 1 is 1.19 bits per heavy atom. The molecule has 0 spiro atoms. The van der Waals surface area contributed by atoms with Crippen LogP contribution < -0.4 is 10.2 Å². The molecule has 0 bridgehead atoms. The van der Waals surface area contributed by atoms with Crippen molar-refractivity contribution in [3.8, 4) is 0 Å². The van der Waals surface area contributed by atoms with Crippen LogP contribution in [0.15, 0.2) is 47.4 Å². The van der Waals surface area contributed by atoms with Crippen LogP contribution in [0.3, 0.4) is 0 Å². The van der Waals surface area contributed by atoms with E-state index in [1.165, 1.54) is 44.4 Å². The fourth-order valence-corrected chi connectivity index (χ4v) is 3.55. The van der Waals surface area contributed by atoms with Gasteiger partial charge in [-0.25, -0.2) is 17.1 Å². The number of hydrogen-bond acceptors (Lipinski definition) is 3. The molecular weight excluding hydrogens is 393 g/mol. The molecule has 27 heavy (non-hydrogen) atoms. The Morgan fingerprint density at radius 2 is 1.81 bits per heavy atom. The van der Waals surface area contributed by atoms with E-state index < -0.39 is 10.0 Å². The van der Waals surface area contributed by atoms with Gasteiger partial charge in [-0.3, -0.25) is 4.79 Å². The molecule has 146 valence electrons. The number of nitrogens with one attached hydrogen (secondary N) is 2. The fraction of sp³-hybridized carbons (Fsp3) is 0.278. The number of anilines is 1. The monoisotopic (exact) mass is 414 g/mol. The number of nitrogens with zero attached hydrogens (tertiary/aromatic N) is 1. The minimum Gasteiger partial charge on any atom is -0.326 e. The molecule has 2 N–H and O–H groups in total. The van der Waals surface area contributed by atoms with E-state index in [2.05, 4.69) is 5.32 Å². The SMILES string of the molecule is CN(C)S(=O)(=O)c1ccc(Cl)c(NC(=O)C[NH+](C)Cc2ccc(F)cc2)c1. The van der Waals surface area contributed by atoms with E-state index in [0.717, 1.165) is 14.8 Å². The Bertz CT molecular complexity index is 918.